The second-order valence-corrected chi connectivity index (χ2v) is 31.7. The Kier molecular flexibility index (Phi) is 20.2. The monoisotopic (exact) mass is 1270 g/mol. The van der Waals surface area contributed by atoms with Crippen LogP contribution in [-0.2, 0) is 42.9 Å². The van der Waals surface area contributed by atoms with Crippen molar-refractivity contribution in [3.05, 3.63) is 168 Å². The maximum atomic E-state index is 14.7. The molecule has 9 heterocycles. The molecule has 3 amide bonds. The molecule has 88 heavy (non-hydrogen) atoms. The highest BCUT2D eigenvalue weighted by Gasteiger charge is 2.41. The van der Waals surface area contributed by atoms with E-state index in [2.05, 4.69) is 47.4 Å². The van der Waals surface area contributed by atoms with Crippen LogP contribution < -0.4 is 14.7 Å². The Morgan fingerprint density at radius 2 is 0.716 bits per heavy atom. The van der Waals surface area contributed by atoms with Crippen LogP contribution in [0.5, 0.6) is 0 Å². The van der Waals surface area contributed by atoms with Crippen LogP contribution in [-0.4, -0.2) is 181 Å². The molecule has 24 heteroatoms. The molecule has 0 radical (unpaired) electrons. The Labute approximate surface area is 513 Å². The largest absolute Gasteiger partial charge is 0.352 e. The molecular formula is C64H75F4N11O6S3. The van der Waals surface area contributed by atoms with Crippen molar-refractivity contribution in [3.8, 4) is 0 Å². The Bertz CT molecular complexity index is 3570. The fraction of sp³-hybridized carbons (Fsp3) is 0.422. The van der Waals surface area contributed by atoms with Gasteiger partial charge in [0.2, 0.25) is 29.6 Å². The van der Waals surface area contributed by atoms with E-state index < -0.39 is 46.5 Å². The number of halogens is 4. The van der Waals surface area contributed by atoms with Gasteiger partial charge < -0.3 is 29.4 Å². The smallest absolute Gasteiger partial charge is 0.226 e. The SMILES string of the molecule is C=S1(=O)CCC(C(=O)N2CCN(c3ccccn3)CC2c2ccccc2F)CC1.C=S1(=O)CCC(C(=O)N2CCN(c3ncc(F)cn3)CC2c2ccccc2F)CC1.C=S1(=O)CCC(C(=O)N2CCN(c3ncccn3)CC2c2ccccc2F)CC1. The van der Waals surface area contributed by atoms with Gasteiger partial charge in [0.15, 0.2) is 5.82 Å². The van der Waals surface area contributed by atoms with Gasteiger partial charge in [-0.3, -0.25) is 27.0 Å². The highest BCUT2D eigenvalue weighted by Crippen LogP contribution is 2.36. The first-order valence-electron chi connectivity index (χ1n) is 29.8. The van der Waals surface area contributed by atoms with E-state index in [0.717, 1.165) is 18.2 Å². The van der Waals surface area contributed by atoms with E-state index in [9.17, 15) is 44.6 Å². The van der Waals surface area contributed by atoms with Gasteiger partial charge in [-0.25, -0.2) is 42.5 Å². The normalized spacial score (nSPS) is 27.5. The predicted molar refractivity (Wildman–Crippen MR) is 341 cm³/mol. The number of nitrogens with zero attached hydrogens (tertiary/aromatic N) is 11. The molecule has 468 valence electrons. The lowest BCUT2D eigenvalue weighted by Gasteiger charge is -2.44. The number of rotatable bonds is 9. The van der Waals surface area contributed by atoms with Crippen LogP contribution >= 0.6 is 0 Å². The fourth-order valence-corrected chi connectivity index (χ4v) is 17.4. The highest BCUT2D eigenvalue weighted by atomic mass is 32.2. The van der Waals surface area contributed by atoms with Crippen molar-refractivity contribution in [2.24, 2.45) is 17.8 Å². The van der Waals surface area contributed by atoms with Gasteiger partial charge >= 0.3 is 0 Å². The van der Waals surface area contributed by atoms with E-state index in [1.165, 1.54) is 18.2 Å². The van der Waals surface area contributed by atoms with E-state index in [1.54, 1.807) is 89.1 Å². The van der Waals surface area contributed by atoms with Crippen LogP contribution in [0.1, 0.15) is 73.3 Å². The Morgan fingerprint density at radius 3 is 1.07 bits per heavy atom. The minimum absolute atomic E-state index is 0.0155. The Morgan fingerprint density at radius 1 is 0.398 bits per heavy atom. The average Bonchev–Trinajstić information content (AvgIpc) is 3.61. The molecule has 6 aromatic rings. The summed E-state index contributed by atoms with van der Waals surface area (Å²) in [6.07, 6.45) is 10.7. The lowest BCUT2D eigenvalue weighted by molar-refractivity contribution is -0.139. The molecule has 3 aromatic heterocycles. The summed E-state index contributed by atoms with van der Waals surface area (Å²) in [6.45, 7) is 4.24. The molecule has 0 N–H and O–H groups in total. The topological polar surface area (TPSA) is 186 Å². The first kappa shape index (κ1) is 63.6. The standard InChI is InChI=1S/C22H26FN3O2S.C21H24F2N4O2S.C21H25FN4O2S/c1-29(28)14-9-17(10-15-29)22(27)26-13-12-25(21-8-4-5-11-24-21)16-20(26)18-6-2-3-7-19(18)23;1-30(29)10-6-15(7-11-30)20(28)27-9-8-26(21-24-12-16(22)13-25-21)14-19(27)17-4-2-3-5-18(17)23;1-29(28)13-7-16(8-14-29)20(27)26-12-11-25(21-23-9-4-10-24-21)15-19(26)17-5-2-3-6-18(17)22/h2-8,11,17,20H,1,9-10,12-16H2;2-5,12-13,15,19H,1,6-11,14H2;2-6,9-10,16,19H,1,7-8,11-15H2. The molecule has 6 aliphatic heterocycles. The van der Waals surface area contributed by atoms with Crippen molar-refractivity contribution in [1.29, 1.82) is 0 Å². The quantitative estimate of drug-likeness (QED) is 0.105. The van der Waals surface area contributed by atoms with E-state index in [-0.39, 0.29) is 59.0 Å². The third-order valence-electron chi connectivity index (χ3n) is 17.6. The predicted octanol–water partition coefficient (Wildman–Crippen LogP) is 7.14. The average molecular weight is 1270 g/mol. The minimum atomic E-state index is -2.09. The number of anilines is 3. The van der Waals surface area contributed by atoms with Crippen molar-refractivity contribution >= 4 is 81.6 Å². The summed E-state index contributed by atoms with van der Waals surface area (Å²) in [5.41, 5.74) is 1.45. The highest BCUT2D eigenvalue weighted by molar-refractivity contribution is 8.00. The Balaban J connectivity index is 0.000000146. The maximum absolute atomic E-state index is 14.7. The molecule has 6 fully saturated rings. The van der Waals surface area contributed by atoms with Gasteiger partial charge in [0.1, 0.15) is 23.3 Å². The summed E-state index contributed by atoms with van der Waals surface area (Å²) in [6, 6.07) is 25.8. The second-order valence-electron chi connectivity index (χ2n) is 23.4. The number of hydrogen-bond acceptors (Lipinski definition) is 14. The molecule has 3 atom stereocenters. The van der Waals surface area contributed by atoms with Crippen molar-refractivity contribution < 1.29 is 44.6 Å². The molecule has 3 unspecified atom stereocenters. The molecule has 0 saturated carbocycles. The molecule has 0 bridgehead atoms. The molecular weight excluding hydrogens is 1190 g/mol. The minimum Gasteiger partial charge on any atom is -0.352 e. The van der Waals surface area contributed by atoms with Crippen molar-refractivity contribution in [1.82, 2.24) is 39.6 Å². The number of carbonyl (C=O) groups excluding carboxylic acids is 3. The molecule has 6 aliphatic rings. The van der Waals surface area contributed by atoms with Gasteiger partial charge in [0, 0.05) is 146 Å². The number of amides is 3. The van der Waals surface area contributed by atoms with Gasteiger partial charge in [-0.2, -0.15) is 0 Å². The van der Waals surface area contributed by atoms with E-state index in [4.69, 9.17) is 0 Å². The first-order valence-corrected chi connectivity index (χ1v) is 36.0. The third kappa shape index (κ3) is 15.5. The molecule has 6 saturated heterocycles. The molecule has 3 aromatic carbocycles. The van der Waals surface area contributed by atoms with Gasteiger partial charge in [-0.05, 0) is 121 Å². The number of pyridine rings is 1. The molecule has 17 nitrogen and oxygen atoms in total. The zero-order valence-corrected chi connectivity index (χ0v) is 51.6. The number of piperazine rings is 3. The number of benzene rings is 3. The van der Waals surface area contributed by atoms with E-state index in [0.29, 0.717) is 161 Å². The van der Waals surface area contributed by atoms with Crippen LogP contribution in [0.25, 0.3) is 0 Å². The number of aromatic nitrogens is 5. The van der Waals surface area contributed by atoms with Crippen molar-refractivity contribution in [3.63, 3.8) is 0 Å². The molecule has 12 rings (SSSR count). The lowest BCUT2D eigenvalue weighted by atomic mass is 9.96. The summed E-state index contributed by atoms with van der Waals surface area (Å²) in [5.74, 6) is 13.8. The summed E-state index contributed by atoms with van der Waals surface area (Å²) in [5, 5.41) is 0. The maximum Gasteiger partial charge on any atom is 0.226 e. The van der Waals surface area contributed by atoms with Gasteiger partial charge in [0.05, 0.1) is 30.5 Å². The van der Waals surface area contributed by atoms with Gasteiger partial charge in [0.25, 0.3) is 0 Å². The molecule has 0 spiro atoms. The van der Waals surface area contributed by atoms with Crippen molar-refractivity contribution in [2.75, 3.05) is 108 Å². The zero-order chi connectivity index (χ0) is 62.2. The first-order chi connectivity index (χ1) is 42.2. The van der Waals surface area contributed by atoms with E-state index >= 15 is 0 Å². The summed E-state index contributed by atoms with van der Waals surface area (Å²) < 4.78 is 93.7. The third-order valence-corrected chi connectivity index (χ3v) is 23.4. The number of carbonyl (C=O) groups is 3. The summed E-state index contributed by atoms with van der Waals surface area (Å²) >= 11 is 0. The van der Waals surface area contributed by atoms with Crippen LogP contribution in [0.3, 0.4) is 0 Å². The van der Waals surface area contributed by atoms with Crippen molar-refractivity contribution in [2.45, 2.75) is 56.7 Å². The van der Waals surface area contributed by atoms with Crippen LogP contribution in [0, 0.1) is 41.0 Å². The Hall–Kier alpha value is -7.44. The van der Waals surface area contributed by atoms with E-state index in [1.807, 2.05) is 32.9 Å². The van der Waals surface area contributed by atoms with Gasteiger partial charge in [-0.15, -0.1) is 0 Å². The summed E-state index contributed by atoms with van der Waals surface area (Å²) in [7, 11) is -6.18. The second kappa shape index (κ2) is 27.9. The molecule has 0 aliphatic carbocycles. The fourth-order valence-electron chi connectivity index (χ4n) is 12.5. The lowest BCUT2D eigenvalue weighted by Crippen LogP contribution is -2.53. The van der Waals surface area contributed by atoms with Crippen LogP contribution in [0.15, 0.2) is 128 Å². The zero-order valence-electron chi connectivity index (χ0n) is 49.2. The number of hydrogen-bond donors (Lipinski definition) is 0. The van der Waals surface area contributed by atoms with Crippen LogP contribution in [0.2, 0.25) is 0 Å². The van der Waals surface area contributed by atoms with Crippen LogP contribution in [0.4, 0.5) is 35.3 Å². The van der Waals surface area contributed by atoms with Gasteiger partial charge in [-0.1, -0.05) is 60.7 Å². The summed E-state index contributed by atoms with van der Waals surface area (Å²) in [4.78, 5) is 72.4.